The van der Waals surface area contributed by atoms with Gasteiger partial charge in [0.05, 0.1) is 12.6 Å². The molecule has 0 amide bonds. The Morgan fingerprint density at radius 2 is 2.00 bits per heavy atom. The van der Waals surface area contributed by atoms with Gasteiger partial charge in [-0.15, -0.1) is 0 Å². The van der Waals surface area contributed by atoms with Crippen LogP contribution in [0.3, 0.4) is 0 Å². The molecule has 0 saturated carbocycles. The van der Waals surface area contributed by atoms with Gasteiger partial charge in [0.2, 0.25) is 0 Å². The van der Waals surface area contributed by atoms with Gasteiger partial charge in [0.15, 0.2) is 0 Å². The first kappa shape index (κ1) is 12.2. The van der Waals surface area contributed by atoms with Crippen LogP contribution in [0.5, 0.6) is 0 Å². The second kappa shape index (κ2) is 5.30. The third kappa shape index (κ3) is 2.40. The van der Waals surface area contributed by atoms with E-state index < -0.39 is 0 Å². The van der Waals surface area contributed by atoms with Gasteiger partial charge in [-0.05, 0) is 18.1 Å². The number of imidazole rings is 1. The lowest BCUT2D eigenvalue weighted by Gasteiger charge is -2.02. The minimum absolute atomic E-state index is 0. The SMILES string of the molecule is CCc1ccccc1-c1[nH]cc[n+]1C.[I-]. The molecule has 0 unspecified atom stereocenters. The molecule has 0 spiro atoms. The van der Waals surface area contributed by atoms with Crippen molar-refractivity contribution in [3.8, 4) is 11.4 Å². The number of aryl methyl sites for hydroxylation is 2. The molecule has 0 radical (unpaired) electrons. The Hall–Kier alpha value is -0.840. The van der Waals surface area contributed by atoms with Gasteiger partial charge in [-0.3, -0.25) is 0 Å². The number of halogens is 1. The van der Waals surface area contributed by atoms with E-state index in [0.717, 1.165) is 6.42 Å². The third-order valence-corrected chi connectivity index (χ3v) is 2.52. The summed E-state index contributed by atoms with van der Waals surface area (Å²) >= 11 is 0. The summed E-state index contributed by atoms with van der Waals surface area (Å²) in [6.45, 7) is 2.18. The quantitative estimate of drug-likeness (QED) is 0.546. The Bertz CT molecular complexity index is 435. The van der Waals surface area contributed by atoms with Gasteiger partial charge in [0.1, 0.15) is 12.4 Å². The van der Waals surface area contributed by atoms with Crippen LogP contribution in [0.15, 0.2) is 36.7 Å². The molecular formula is C12H15IN2. The standard InChI is InChI=1S/C12H14N2.HI/c1-3-10-6-4-5-7-11(10)12-13-8-9-14(12)2;/h4-9H,3H2,1-2H3;1H. The Morgan fingerprint density at radius 1 is 1.27 bits per heavy atom. The summed E-state index contributed by atoms with van der Waals surface area (Å²) in [5, 5.41) is 0. The molecule has 0 fully saturated rings. The zero-order valence-electron chi connectivity index (χ0n) is 9.00. The lowest BCUT2D eigenvalue weighted by molar-refractivity contribution is -0.658. The van der Waals surface area contributed by atoms with Gasteiger partial charge in [0.25, 0.3) is 5.82 Å². The number of nitrogens with zero attached hydrogens (tertiary/aromatic N) is 1. The highest BCUT2D eigenvalue weighted by atomic mass is 127. The molecule has 80 valence electrons. The molecule has 0 aliphatic carbocycles. The summed E-state index contributed by atoms with van der Waals surface area (Å²) in [5.74, 6) is 1.17. The van der Waals surface area contributed by atoms with E-state index in [1.54, 1.807) is 0 Å². The number of aromatic nitrogens is 2. The van der Waals surface area contributed by atoms with Crippen LogP contribution in [0.25, 0.3) is 11.4 Å². The number of aromatic amines is 1. The van der Waals surface area contributed by atoms with Crippen molar-refractivity contribution in [1.29, 1.82) is 0 Å². The predicted molar refractivity (Wildman–Crippen MR) is 56.8 cm³/mol. The molecule has 2 nitrogen and oxygen atoms in total. The van der Waals surface area contributed by atoms with Gasteiger partial charge in [0, 0.05) is 0 Å². The molecule has 1 aromatic heterocycles. The van der Waals surface area contributed by atoms with Crippen LogP contribution in [0.1, 0.15) is 12.5 Å². The molecule has 0 bridgehead atoms. The number of benzene rings is 1. The summed E-state index contributed by atoms with van der Waals surface area (Å²) < 4.78 is 2.11. The third-order valence-electron chi connectivity index (χ3n) is 2.52. The van der Waals surface area contributed by atoms with Crippen LogP contribution in [0.4, 0.5) is 0 Å². The Morgan fingerprint density at radius 3 is 2.60 bits per heavy atom. The van der Waals surface area contributed by atoms with E-state index in [9.17, 15) is 0 Å². The van der Waals surface area contributed by atoms with Gasteiger partial charge in [-0.2, -0.15) is 0 Å². The van der Waals surface area contributed by atoms with E-state index in [2.05, 4.69) is 47.8 Å². The van der Waals surface area contributed by atoms with Crippen LogP contribution in [-0.2, 0) is 13.5 Å². The van der Waals surface area contributed by atoms with Crippen molar-refractivity contribution in [3.05, 3.63) is 42.2 Å². The average Bonchev–Trinajstić information content (AvgIpc) is 2.64. The molecule has 2 aromatic rings. The number of nitrogens with one attached hydrogen (secondary N) is 1. The van der Waals surface area contributed by atoms with Gasteiger partial charge < -0.3 is 24.0 Å². The van der Waals surface area contributed by atoms with Gasteiger partial charge >= 0.3 is 0 Å². The molecule has 0 saturated heterocycles. The van der Waals surface area contributed by atoms with Crippen LogP contribution in [0, 0.1) is 0 Å². The van der Waals surface area contributed by atoms with Crippen LogP contribution >= 0.6 is 0 Å². The molecule has 1 aromatic carbocycles. The van der Waals surface area contributed by atoms with Crippen molar-refractivity contribution >= 4 is 0 Å². The molecule has 0 aliphatic heterocycles. The highest BCUT2D eigenvalue weighted by Crippen LogP contribution is 2.18. The largest absolute Gasteiger partial charge is 1.00 e. The summed E-state index contributed by atoms with van der Waals surface area (Å²) in [4.78, 5) is 3.26. The van der Waals surface area contributed by atoms with E-state index >= 15 is 0 Å². The normalized spacial score (nSPS) is 9.73. The fourth-order valence-electron chi connectivity index (χ4n) is 1.73. The van der Waals surface area contributed by atoms with Crippen LogP contribution in [-0.4, -0.2) is 4.98 Å². The average molecular weight is 314 g/mol. The molecule has 1 N–H and O–H groups in total. The first-order valence-corrected chi connectivity index (χ1v) is 4.94. The fourth-order valence-corrected chi connectivity index (χ4v) is 1.73. The lowest BCUT2D eigenvalue weighted by Crippen LogP contribution is -3.00. The highest BCUT2D eigenvalue weighted by molar-refractivity contribution is 5.57. The van der Waals surface area contributed by atoms with E-state index in [-0.39, 0.29) is 24.0 Å². The van der Waals surface area contributed by atoms with Crippen molar-refractivity contribution in [2.45, 2.75) is 13.3 Å². The summed E-state index contributed by atoms with van der Waals surface area (Å²) in [7, 11) is 2.05. The summed E-state index contributed by atoms with van der Waals surface area (Å²) in [5.41, 5.74) is 2.67. The maximum Gasteiger partial charge on any atom is 0.286 e. The molecule has 0 aliphatic rings. The van der Waals surface area contributed by atoms with Crippen molar-refractivity contribution in [1.82, 2.24) is 4.98 Å². The zero-order chi connectivity index (χ0) is 9.97. The monoisotopic (exact) mass is 314 g/mol. The second-order valence-corrected chi connectivity index (χ2v) is 3.43. The second-order valence-electron chi connectivity index (χ2n) is 3.43. The number of hydrogen-bond donors (Lipinski definition) is 1. The number of H-pyrrole nitrogens is 1. The van der Waals surface area contributed by atoms with Gasteiger partial charge in [-0.25, -0.2) is 9.55 Å². The van der Waals surface area contributed by atoms with Crippen molar-refractivity contribution in [3.63, 3.8) is 0 Å². The zero-order valence-corrected chi connectivity index (χ0v) is 11.2. The molecule has 0 atom stereocenters. The molecule has 2 rings (SSSR count). The predicted octanol–water partition coefficient (Wildman–Crippen LogP) is -0.927. The van der Waals surface area contributed by atoms with Crippen LogP contribution in [0.2, 0.25) is 0 Å². The highest BCUT2D eigenvalue weighted by Gasteiger charge is 2.12. The van der Waals surface area contributed by atoms with E-state index in [4.69, 9.17) is 0 Å². The number of hydrogen-bond acceptors (Lipinski definition) is 0. The fraction of sp³-hybridized carbons (Fsp3) is 0.250. The van der Waals surface area contributed by atoms with Crippen molar-refractivity contribution in [2.24, 2.45) is 7.05 Å². The first-order valence-electron chi connectivity index (χ1n) is 4.94. The molecule has 15 heavy (non-hydrogen) atoms. The Balaban J connectivity index is 0.00000112. The maximum absolute atomic E-state index is 3.26. The van der Waals surface area contributed by atoms with E-state index in [1.165, 1.54) is 17.0 Å². The lowest BCUT2D eigenvalue weighted by atomic mass is 10.1. The Labute approximate surface area is 107 Å². The summed E-state index contributed by atoms with van der Waals surface area (Å²) in [6.07, 6.45) is 5.05. The topological polar surface area (TPSA) is 19.7 Å². The molecule has 3 heteroatoms. The smallest absolute Gasteiger partial charge is 0.286 e. The van der Waals surface area contributed by atoms with Gasteiger partial charge in [-0.1, -0.05) is 25.1 Å². The molecular weight excluding hydrogens is 299 g/mol. The number of rotatable bonds is 2. The van der Waals surface area contributed by atoms with Crippen LogP contribution < -0.4 is 28.5 Å². The summed E-state index contributed by atoms with van der Waals surface area (Å²) in [6, 6.07) is 8.50. The minimum atomic E-state index is 0. The first-order chi connectivity index (χ1) is 6.83. The molecule has 1 heterocycles. The van der Waals surface area contributed by atoms with Crippen molar-refractivity contribution < 1.29 is 28.5 Å². The van der Waals surface area contributed by atoms with E-state index in [1.807, 2.05) is 12.4 Å². The maximum atomic E-state index is 3.26. The van der Waals surface area contributed by atoms with Crippen molar-refractivity contribution in [2.75, 3.05) is 0 Å². The minimum Gasteiger partial charge on any atom is -1.00 e. The van der Waals surface area contributed by atoms with E-state index in [0.29, 0.717) is 0 Å². The Kier molecular flexibility index (Phi) is 4.32.